The van der Waals surface area contributed by atoms with Gasteiger partial charge in [-0.25, -0.2) is 4.79 Å². The van der Waals surface area contributed by atoms with Gasteiger partial charge in [0, 0.05) is 57.3 Å². The molecule has 1 aromatic rings. The van der Waals surface area contributed by atoms with Crippen LogP contribution in [0.4, 0.5) is 4.79 Å². The van der Waals surface area contributed by atoms with E-state index in [0.29, 0.717) is 37.3 Å². The van der Waals surface area contributed by atoms with E-state index < -0.39 is 29.4 Å². The molecule has 5 rings (SSSR count). The lowest BCUT2D eigenvalue weighted by molar-refractivity contribution is -0.256. The molecule has 2 aliphatic heterocycles. The fraction of sp³-hybridized carbons (Fsp3) is 0.682. The second kappa shape index (κ2) is 21.5. The predicted octanol–water partition coefficient (Wildman–Crippen LogP) is 5.84. The smallest absolute Gasteiger partial charge is 0.410 e. The number of carbonyl (C=O) groups is 1. The summed E-state index contributed by atoms with van der Waals surface area (Å²) in [5, 5.41) is 34.1. The molecule has 6 atom stereocenters. The number of oxime groups is 1. The molecule has 0 aromatic heterocycles. The van der Waals surface area contributed by atoms with E-state index in [1.54, 1.807) is 17.1 Å². The summed E-state index contributed by atoms with van der Waals surface area (Å²) >= 11 is 0. The Labute approximate surface area is 339 Å². The number of allylic oxidation sites excluding steroid dienone is 1. The monoisotopic (exact) mass is 797 g/mol. The standard InChI is InChI=1S/C44H67N3O10/c1-6-8-25-54-42(51)47(20-26-52-28-23-50)39-31-37(45-57-43(3,4)5)35-29-32(13-9-11-21-48)34(14-10-12-22-49)40-36-30-33(53-27-19-46-17-18-46)15-16-38(36)56-44(39,41(35)40)55-24-7-2/h6-7,15-16,29-30,32,34,39-41,48-50H,1-2,8-14,17-28,31H2,3-5H3/t32-,34+,39-,40+,41+,44+/m0/s1. The summed E-state index contributed by atoms with van der Waals surface area (Å²) in [6.07, 6.45) is 10.5. The van der Waals surface area contributed by atoms with E-state index in [-0.39, 0.29) is 77.0 Å². The molecule has 0 radical (unpaired) electrons. The quantitative estimate of drug-likeness (QED) is 0.0474. The van der Waals surface area contributed by atoms with Crippen molar-refractivity contribution >= 4 is 11.8 Å². The Bertz CT molecular complexity index is 1520. The molecule has 1 saturated carbocycles. The average Bonchev–Trinajstić information content (AvgIpc) is 4.02. The zero-order chi connectivity index (χ0) is 40.8. The Morgan fingerprint density at radius 2 is 1.79 bits per heavy atom. The van der Waals surface area contributed by atoms with Crippen molar-refractivity contribution in [2.45, 2.75) is 95.5 Å². The topological polar surface area (TPSA) is 152 Å². The molecule has 13 heteroatoms. The van der Waals surface area contributed by atoms with Crippen LogP contribution >= 0.6 is 0 Å². The molecule has 1 saturated heterocycles. The third-order valence-corrected chi connectivity index (χ3v) is 11.2. The van der Waals surface area contributed by atoms with E-state index in [1.807, 2.05) is 32.9 Å². The van der Waals surface area contributed by atoms with Gasteiger partial charge in [-0.3, -0.25) is 9.80 Å². The Morgan fingerprint density at radius 1 is 1.02 bits per heavy atom. The molecule has 1 amide bonds. The number of rotatable bonds is 25. The SMILES string of the molecule is C=CCCOC(=O)N(CCOCCO)[C@H]1CC(=NOC(C)(C)C)C2=C[C@H](CCCCO)[C@@H](CCCCO)[C@@H]3c4cc(OCCN5CC5)ccc4O[C@@]1(OCC=C)[C@H]23. The molecule has 1 aromatic carbocycles. The van der Waals surface area contributed by atoms with Crippen molar-refractivity contribution in [3.8, 4) is 11.5 Å². The molecule has 3 N–H and O–H groups in total. The second-order valence-corrected chi connectivity index (χ2v) is 16.4. The molecular formula is C44H67N3O10. The summed E-state index contributed by atoms with van der Waals surface area (Å²) in [5.41, 5.74) is 2.05. The van der Waals surface area contributed by atoms with Crippen molar-refractivity contribution in [3.05, 3.63) is 60.7 Å². The first-order valence-electron chi connectivity index (χ1n) is 20.9. The maximum absolute atomic E-state index is 14.3. The Hall–Kier alpha value is -3.46. The summed E-state index contributed by atoms with van der Waals surface area (Å²) in [6, 6.07) is 5.25. The largest absolute Gasteiger partial charge is 0.492 e. The second-order valence-electron chi connectivity index (χ2n) is 16.4. The van der Waals surface area contributed by atoms with Crippen LogP contribution in [0.2, 0.25) is 0 Å². The van der Waals surface area contributed by atoms with Crippen LogP contribution < -0.4 is 9.47 Å². The number of benzene rings is 1. The first-order valence-corrected chi connectivity index (χ1v) is 20.9. The number of aliphatic hydroxyl groups excluding tert-OH is 3. The van der Waals surface area contributed by atoms with Crippen LogP contribution in [0.1, 0.15) is 83.6 Å². The average molecular weight is 798 g/mol. The minimum Gasteiger partial charge on any atom is -0.492 e. The molecule has 2 heterocycles. The van der Waals surface area contributed by atoms with Gasteiger partial charge in [-0.1, -0.05) is 36.2 Å². The molecule has 13 nitrogen and oxygen atoms in total. The summed E-state index contributed by atoms with van der Waals surface area (Å²) < 4.78 is 32.2. The van der Waals surface area contributed by atoms with Gasteiger partial charge < -0.3 is 43.8 Å². The van der Waals surface area contributed by atoms with Crippen molar-refractivity contribution < 1.29 is 48.6 Å². The van der Waals surface area contributed by atoms with E-state index in [0.717, 1.165) is 62.2 Å². The number of carbonyl (C=O) groups excluding carboxylic acids is 1. The highest BCUT2D eigenvalue weighted by atomic mass is 16.7. The lowest BCUT2D eigenvalue weighted by Crippen LogP contribution is -2.70. The molecule has 0 unspecified atom stereocenters. The summed E-state index contributed by atoms with van der Waals surface area (Å²) in [7, 11) is 0. The van der Waals surface area contributed by atoms with E-state index in [9.17, 15) is 20.1 Å². The molecule has 0 bridgehead atoms. The van der Waals surface area contributed by atoms with Gasteiger partial charge in [0.1, 0.15) is 29.7 Å². The predicted molar refractivity (Wildman–Crippen MR) is 219 cm³/mol. The first kappa shape index (κ1) is 44.6. The first-order chi connectivity index (χ1) is 27.6. The van der Waals surface area contributed by atoms with Crippen LogP contribution in [0.3, 0.4) is 0 Å². The number of hydrogen-bond acceptors (Lipinski definition) is 12. The van der Waals surface area contributed by atoms with Crippen LogP contribution in [0.15, 0.2) is 60.3 Å². The van der Waals surface area contributed by atoms with Gasteiger partial charge in [-0.15, -0.1) is 13.2 Å². The number of aliphatic hydroxyl groups is 3. The van der Waals surface area contributed by atoms with Crippen LogP contribution in [0.25, 0.3) is 0 Å². The van der Waals surface area contributed by atoms with Crippen molar-refractivity contribution in [2.75, 3.05) is 79.0 Å². The summed E-state index contributed by atoms with van der Waals surface area (Å²) in [5.74, 6) is -0.492. The fourth-order valence-electron chi connectivity index (χ4n) is 8.53. The summed E-state index contributed by atoms with van der Waals surface area (Å²) in [4.78, 5) is 24.5. The van der Waals surface area contributed by atoms with Gasteiger partial charge in [0.15, 0.2) is 0 Å². The van der Waals surface area contributed by atoms with Crippen molar-refractivity contribution in [3.63, 3.8) is 0 Å². The van der Waals surface area contributed by atoms with Gasteiger partial charge in [-0.05, 0) is 88.5 Å². The molecule has 0 spiro atoms. The van der Waals surface area contributed by atoms with Gasteiger partial charge >= 0.3 is 6.09 Å². The van der Waals surface area contributed by atoms with Crippen molar-refractivity contribution in [1.29, 1.82) is 0 Å². The van der Waals surface area contributed by atoms with Crippen LogP contribution in [0, 0.1) is 17.8 Å². The van der Waals surface area contributed by atoms with E-state index in [4.69, 9.17) is 33.7 Å². The van der Waals surface area contributed by atoms with Crippen LogP contribution in [-0.4, -0.2) is 133 Å². The molecule has 2 aliphatic carbocycles. The minimum absolute atomic E-state index is 0.0792. The summed E-state index contributed by atoms with van der Waals surface area (Å²) in [6.45, 7) is 18.0. The molecule has 2 fully saturated rings. The van der Waals surface area contributed by atoms with Crippen LogP contribution in [-0.2, 0) is 19.0 Å². The number of fused-ring (bicyclic) bond motifs is 2. The number of hydrogen-bond donors (Lipinski definition) is 3. The highest BCUT2D eigenvalue weighted by Crippen LogP contribution is 2.62. The Balaban J connectivity index is 1.74. The third-order valence-electron chi connectivity index (χ3n) is 11.2. The normalized spacial score (nSPS) is 25.8. The maximum atomic E-state index is 14.3. The Kier molecular flexibility index (Phi) is 16.8. The van der Waals surface area contributed by atoms with Crippen molar-refractivity contribution in [2.24, 2.45) is 22.9 Å². The molecule has 318 valence electrons. The van der Waals surface area contributed by atoms with E-state index in [1.165, 1.54) is 0 Å². The van der Waals surface area contributed by atoms with Crippen LogP contribution in [0.5, 0.6) is 11.5 Å². The lowest BCUT2D eigenvalue weighted by atomic mass is 9.55. The Morgan fingerprint density at radius 3 is 2.47 bits per heavy atom. The molecule has 4 aliphatic rings. The minimum atomic E-state index is -1.43. The van der Waals surface area contributed by atoms with Gasteiger partial charge in [0.05, 0.1) is 44.7 Å². The number of ether oxygens (including phenoxy) is 5. The van der Waals surface area contributed by atoms with E-state index >= 15 is 0 Å². The zero-order valence-electron chi connectivity index (χ0n) is 34.4. The maximum Gasteiger partial charge on any atom is 0.410 e. The fourth-order valence-corrected chi connectivity index (χ4v) is 8.53. The number of amides is 1. The van der Waals surface area contributed by atoms with Gasteiger partial charge in [0.25, 0.3) is 0 Å². The van der Waals surface area contributed by atoms with Gasteiger partial charge in [-0.2, -0.15) is 0 Å². The lowest BCUT2D eigenvalue weighted by Gasteiger charge is -2.60. The van der Waals surface area contributed by atoms with Gasteiger partial charge in [0.2, 0.25) is 5.79 Å². The highest BCUT2D eigenvalue weighted by Gasteiger charge is 2.65. The number of unbranched alkanes of at least 4 members (excludes halogenated alkanes) is 2. The number of nitrogens with zero attached hydrogens (tertiary/aromatic N) is 3. The molecular weight excluding hydrogens is 730 g/mol. The highest BCUT2D eigenvalue weighted by molar-refractivity contribution is 6.03. The molecule has 57 heavy (non-hydrogen) atoms. The third kappa shape index (κ3) is 11.6. The zero-order valence-corrected chi connectivity index (χ0v) is 34.4. The van der Waals surface area contributed by atoms with Crippen molar-refractivity contribution in [1.82, 2.24) is 9.80 Å². The van der Waals surface area contributed by atoms with E-state index in [2.05, 4.69) is 30.2 Å².